The largest absolute Gasteiger partial charge is 0.388 e. The van der Waals surface area contributed by atoms with Crippen molar-refractivity contribution < 1.29 is 18.3 Å². The van der Waals surface area contributed by atoms with E-state index in [9.17, 15) is 18.3 Å². The number of sulfonamides is 1. The molecule has 1 N–H and O–H groups in total. The van der Waals surface area contributed by atoms with E-state index >= 15 is 0 Å². The van der Waals surface area contributed by atoms with Crippen molar-refractivity contribution in [3.8, 4) is 0 Å². The number of carbonyl (C=O) groups excluding carboxylic acids is 1. The minimum atomic E-state index is -3.67. The maximum atomic E-state index is 13.2. The first-order chi connectivity index (χ1) is 13.7. The minimum absolute atomic E-state index is 0.0796. The fraction of sp³-hybridized carbons (Fsp3) is 0.545. The summed E-state index contributed by atoms with van der Waals surface area (Å²) in [5, 5.41) is 11.1. The number of amides is 1. The van der Waals surface area contributed by atoms with Gasteiger partial charge in [0.05, 0.1) is 23.3 Å². The number of pyridine rings is 1. The number of carbonyl (C=O) groups is 1. The van der Waals surface area contributed by atoms with Gasteiger partial charge < -0.3 is 5.11 Å². The van der Waals surface area contributed by atoms with E-state index < -0.39 is 27.3 Å². The van der Waals surface area contributed by atoms with Gasteiger partial charge in [0.25, 0.3) is 0 Å². The van der Waals surface area contributed by atoms with E-state index in [0.717, 1.165) is 28.0 Å². The molecule has 7 heteroatoms. The lowest BCUT2D eigenvalue weighted by atomic mass is 9.69. The van der Waals surface area contributed by atoms with Crippen LogP contribution in [-0.2, 0) is 14.8 Å². The maximum Gasteiger partial charge on any atom is 0.240 e. The predicted octanol–water partition coefficient (Wildman–Crippen LogP) is 3.03. The van der Waals surface area contributed by atoms with Crippen LogP contribution >= 0.6 is 0 Å². The molecular weight excluding hydrogens is 388 g/mol. The Morgan fingerprint density at radius 3 is 2.86 bits per heavy atom. The molecule has 2 unspecified atom stereocenters. The van der Waals surface area contributed by atoms with E-state index in [1.165, 1.54) is 0 Å². The lowest BCUT2D eigenvalue weighted by molar-refractivity contribution is -0.129. The summed E-state index contributed by atoms with van der Waals surface area (Å²) in [5.74, 6) is -0.0943. The van der Waals surface area contributed by atoms with Gasteiger partial charge in [-0.3, -0.25) is 9.78 Å². The van der Waals surface area contributed by atoms with Crippen molar-refractivity contribution in [3.63, 3.8) is 0 Å². The highest BCUT2D eigenvalue weighted by atomic mass is 32.2. The summed E-state index contributed by atoms with van der Waals surface area (Å²) in [6.45, 7) is 4.58. The zero-order chi connectivity index (χ0) is 20.6. The zero-order valence-electron chi connectivity index (χ0n) is 16.7. The summed E-state index contributed by atoms with van der Waals surface area (Å²) in [6, 6.07) is 9.05. The van der Waals surface area contributed by atoms with Crippen LogP contribution in [0.25, 0.3) is 10.9 Å². The van der Waals surface area contributed by atoms with Gasteiger partial charge in [0.2, 0.25) is 15.9 Å². The lowest BCUT2D eigenvalue weighted by Gasteiger charge is -2.36. The van der Waals surface area contributed by atoms with Gasteiger partial charge in [-0.25, -0.2) is 12.7 Å². The first-order valence-corrected chi connectivity index (χ1v) is 11.7. The smallest absolute Gasteiger partial charge is 0.240 e. The average molecular weight is 415 g/mol. The van der Waals surface area contributed by atoms with Gasteiger partial charge in [-0.05, 0) is 54.4 Å². The number of hydrogen-bond acceptors (Lipinski definition) is 5. The van der Waals surface area contributed by atoms with Crippen LogP contribution in [0.3, 0.4) is 0 Å². The predicted molar refractivity (Wildman–Crippen MR) is 109 cm³/mol. The quantitative estimate of drug-likeness (QED) is 0.834. The minimum Gasteiger partial charge on any atom is -0.388 e. The van der Waals surface area contributed by atoms with Crippen LogP contribution in [0.5, 0.6) is 0 Å². The van der Waals surface area contributed by atoms with E-state index in [1.54, 1.807) is 24.4 Å². The van der Waals surface area contributed by atoms with Gasteiger partial charge in [-0.15, -0.1) is 0 Å². The molecule has 0 radical (unpaired) electrons. The molecule has 5 rings (SSSR count). The first-order valence-electron chi connectivity index (χ1n) is 10.2. The van der Waals surface area contributed by atoms with Gasteiger partial charge in [0.15, 0.2) is 0 Å². The molecule has 154 valence electrons. The molecule has 1 amide bonds. The number of fused-ring (bicyclic) bond motifs is 2. The van der Waals surface area contributed by atoms with Crippen LogP contribution in [-0.4, -0.2) is 40.5 Å². The molecule has 1 spiro atoms. The fourth-order valence-corrected chi connectivity index (χ4v) is 8.82. The summed E-state index contributed by atoms with van der Waals surface area (Å²) in [5.41, 5.74) is 0.979. The molecule has 4 atom stereocenters. The Hall–Kier alpha value is -1.99. The number of aliphatic hydroxyl groups is 1. The monoisotopic (exact) mass is 414 g/mol. The lowest BCUT2D eigenvalue weighted by Crippen LogP contribution is -2.39. The van der Waals surface area contributed by atoms with Gasteiger partial charge in [-0.2, -0.15) is 0 Å². The standard InChI is InChI=1S/C22H26N2O4S/c1-21(2)16-7-8-22(21)13-24(29(27,28)19(22)11-16)20(26)12-18(25)15-5-6-17-14(10-15)4-3-9-23-17/h3-6,9-10,16,18-19,25H,7-8,11-13H2,1-2H3/t16?,18-,19+,22?/m0/s1. The highest BCUT2D eigenvalue weighted by Crippen LogP contribution is 2.70. The number of nitrogens with zero attached hydrogens (tertiary/aromatic N) is 2. The summed E-state index contributed by atoms with van der Waals surface area (Å²) in [4.78, 5) is 17.3. The van der Waals surface area contributed by atoms with Gasteiger partial charge in [0.1, 0.15) is 0 Å². The van der Waals surface area contributed by atoms with Crippen molar-refractivity contribution in [3.05, 3.63) is 42.1 Å². The van der Waals surface area contributed by atoms with Gasteiger partial charge in [-0.1, -0.05) is 26.0 Å². The maximum absolute atomic E-state index is 13.2. The third-order valence-corrected chi connectivity index (χ3v) is 10.4. The van der Waals surface area contributed by atoms with Crippen molar-refractivity contribution >= 4 is 26.8 Å². The van der Waals surface area contributed by atoms with Crippen LogP contribution in [0.15, 0.2) is 36.5 Å². The molecule has 1 saturated heterocycles. The van der Waals surface area contributed by atoms with E-state index in [1.807, 2.05) is 12.1 Å². The summed E-state index contributed by atoms with van der Waals surface area (Å²) >= 11 is 0. The Balaban J connectivity index is 1.39. The normalized spacial score (nSPS) is 32.4. The molecule has 3 aliphatic rings. The van der Waals surface area contributed by atoms with E-state index in [0.29, 0.717) is 17.9 Å². The van der Waals surface area contributed by atoms with Crippen LogP contribution in [0.1, 0.15) is 51.2 Å². The number of aromatic nitrogens is 1. The Morgan fingerprint density at radius 2 is 2.14 bits per heavy atom. The fourth-order valence-electron chi connectivity index (χ4n) is 6.20. The zero-order valence-corrected chi connectivity index (χ0v) is 17.5. The van der Waals surface area contributed by atoms with Crippen LogP contribution in [0, 0.1) is 16.7 Å². The molecule has 2 heterocycles. The highest BCUT2D eigenvalue weighted by molar-refractivity contribution is 7.90. The summed E-state index contributed by atoms with van der Waals surface area (Å²) < 4.78 is 27.5. The number of aliphatic hydroxyl groups excluding tert-OH is 1. The molecule has 3 fully saturated rings. The molecule has 2 bridgehead atoms. The Bertz CT molecular complexity index is 1110. The summed E-state index contributed by atoms with van der Waals surface area (Å²) in [6.07, 6.45) is 2.96. The SMILES string of the molecule is CC1(C)C2CCC13CN(C(=O)C[C@H](O)c1ccc4ncccc4c1)S(=O)(=O)[C@@H]3C2. The van der Waals surface area contributed by atoms with Crippen LogP contribution in [0.2, 0.25) is 0 Å². The second-order valence-electron chi connectivity index (χ2n) is 9.46. The summed E-state index contributed by atoms with van der Waals surface area (Å²) in [7, 11) is -3.67. The molecular formula is C22H26N2O4S. The Morgan fingerprint density at radius 1 is 1.34 bits per heavy atom. The topological polar surface area (TPSA) is 87.6 Å². The van der Waals surface area contributed by atoms with Crippen molar-refractivity contribution in [2.75, 3.05) is 6.54 Å². The van der Waals surface area contributed by atoms with E-state index in [4.69, 9.17) is 0 Å². The number of rotatable bonds is 3. The third-order valence-electron chi connectivity index (χ3n) is 8.11. The van der Waals surface area contributed by atoms with Crippen molar-refractivity contribution in [2.24, 2.45) is 16.7 Å². The van der Waals surface area contributed by atoms with Crippen LogP contribution < -0.4 is 0 Å². The van der Waals surface area contributed by atoms with Gasteiger partial charge >= 0.3 is 0 Å². The van der Waals surface area contributed by atoms with Crippen molar-refractivity contribution in [1.29, 1.82) is 0 Å². The molecule has 1 aromatic heterocycles. The molecule has 2 aliphatic carbocycles. The molecule has 2 aromatic rings. The highest BCUT2D eigenvalue weighted by Gasteiger charge is 2.72. The number of benzene rings is 1. The molecule has 6 nitrogen and oxygen atoms in total. The van der Waals surface area contributed by atoms with Gasteiger partial charge in [0, 0.05) is 23.5 Å². The average Bonchev–Trinajstić information content (AvgIpc) is 3.19. The molecule has 1 aliphatic heterocycles. The second kappa shape index (κ2) is 6.01. The Labute approximate surface area is 171 Å². The Kier molecular flexibility index (Phi) is 3.94. The number of hydrogen-bond donors (Lipinski definition) is 1. The molecule has 29 heavy (non-hydrogen) atoms. The third kappa shape index (κ3) is 2.46. The second-order valence-corrected chi connectivity index (χ2v) is 11.5. The molecule has 1 aromatic carbocycles. The van der Waals surface area contributed by atoms with E-state index in [2.05, 4.69) is 18.8 Å². The van der Waals surface area contributed by atoms with Crippen molar-refractivity contribution in [2.45, 2.75) is 50.9 Å². The van der Waals surface area contributed by atoms with E-state index in [-0.39, 0.29) is 23.8 Å². The van der Waals surface area contributed by atoms with Crippen molar-refractivity contribution in [1.82, 2.24) is 9.29 Å². The molecule has 2 saturated carbocycles. The van der Waals surface area contributed by atoms with Crippen LogP contribution in [0.4, 0.5) is 0 Å². The first kappa shape index (κ1) is 19.0.